The van der Waals surface area contributed by atoms with Gasteiger partial charge in [-0.25, -0.2) is 16.8 Å². The fourth-order valence-corrected chi connectivity index (χ4v) is 4.43. The van der Waals surface area contributed by atoms with Gasteiger partial charge in [-0.1, -0.05) is 11.3 Å². The topological polar surface area (TPSA) is 94.1 Å². The Morgan fingerprint density at radius 3 is 2.36 bits per heavy atom. The van der Waals surface area contributed by atoms with Crippen LogP contribution in [0.1, 0.15) is 0 Å². The van der Waals surface area contributed by atoms with Gasteiger partial charge in [0, 0.05) is 10.7 Å². The Balaban J connectivity index is 2.80. The van der Waals surface area contributed by atoms with Gasteiger partial charge in [0.25, 0.3) is 0 Å². The summed E-state index contributed by atoms with van der Waals surface area (Å²) in [6.07, 6.45) is 0. The summed E-state index contributed by atoms with van der Waals surface area (Å²) in [5.41, 5.74) is 1.25. The van der Waals surface area contributed by atoms with Gasteiger partial charge in [0.05, 0.1) is 11.5 Å². The van der Waals surface area contributed by atoms with Crippen molar-refractivity contribution in [3.63, 3.8) is 0 Å². The maximum Gasteiger partial charge on any atom is 0.233 e. The minimum atomic E-state index is -3.80. The number of nitrogens with zero attached hydrogens (tertiary/aromatic N) is 2. The highest BCUT2D eigenvalue weighted by molar-refractivity contribution is 8.14. The van der Waals surface area contributed by atoms with Gasteiger partial charge in [0.15, 0.2) is 0 Å². The van der Waals surface area contributed by atoms with E-state index in [0.29, 0.717) is 0 Å². The van der Waals surface area contributed by atoms with Gasteiger partial charge in [-0.2, -0.15) is 0 Å². The lowest BCUT2D eigenvalue weighted by atomic mass is 11.0. The molecule has 0 bridgehead atoms. The van der Waals surface area contributed by atoms with E-state index in [9.17, 15) is 16.8 Å². The first kappa shape index (κ1) is 11.8. The molecule has 1 heterocycles. The average molecular weight is 277 g/mol. The molecule has 1 aromatic heterocycles. The van der Waals surface area contributed by atoms with E-state index in [1.807, 2.05) is 0 Å². The van der Waals surface area contributed by atoms with E-state index in [2.05, 4.69) is 10.2 Å². The van der Waals surface area contributed by atoms with Crippen LogP contribution in [0.25, 0.3) is 0 Å². The van der Waals surface area contributed by atoms with E-state index in [4.69, 9.17) is 10.7 Å². The molecule has 0 radical (unpaired) electrons. The molecule has 14 heavy (non-hydrogen) atoms. The Hall–Kier alpha value is -0.250. The first-order valence-electron chi connectivity index (χ1n) is 3.22. The van der Waals surface area contributed by atoms with Crippen molar-refractivity contribution >= 4 is 40.9 Å². The molecule has 0 atom stereocenters. The predicted molar refractivity (Wildman–Crippen MR) is 51.6 cm³/mol. The van der Waals surface area contributed by atoms with E-state index >= 15 is 0 Å². The zero-order chi connectivity index (χ0) is 10.8. The monoisotopic (exact) mass is 276 g/mol. The Morgan fingerprint density at radius 2 is 1.93 bits per heavy atom. The number of hydrogen-bond acceptors (Lipinski definition) is 7. The minimum absolute atomic E-state index is 0.196. The largest absolute Gasteiger partial charge is 0.233 e. The van der Waals surface area contributed by atoms with Crippen LogP contribution in [-0.2, 0) is 18.9 Å². The highest BCUT2D eigenvalue weighted by Gasteiger charge is 2.21. The second kappa shape index (κ2) is 4.09. The van der Waals surface area contributed by atoms with Crippen molar-refractivity contribution in [3.8, 4) is 0 Å². The van der Waals surface area contributed by atoms with Crippen molar-refractivity contribution < 1.29 is 16.8 Å². The van der Waals surface area contributed by atoms with Crippen molar-refractivity contribution in [1.29, 1.82) is 0 Å². The van der Waals surface area contributed by atoms with E-state index in [1.165, 1.54) is 5.51 Å². The van der Waals surface area contributed by atoms with Gasteiger partial charge in [-0.15, -0.1) is 10.2 Å². The number of rotatable bonds is 4. The van der Waals surface area contributed by atoms with Gasteiger partial charge in [-0.05, 0) is 0 Å². The Kier molecular flexibility index (Phi) is 3.45. The summed E-state index contributed by atoms with van der Waals surface area (Å²) in [6.45, 7) is 0. The third-order valence-electron chi connectivity index (χ3n) is 1.20. The van der Waals surface area contributed by atoms with Gasteiger partial charge in [-0.3, -0.25) is 0 Å². The average Bonchev–Trinajstić information content (AvgIpc) is 2.52. The summed E-state index contributed by atoms with van der Waals surface area (Å²) in [6, 6.07) is 0. The maximum absolute atomic E-state index is 11.3. The lowest BCUT2D eigenvalue weighted by Crippen LogP contribution is -2.14. The summed E-state index contributed by atoms with van der Waals surface area (Å²) in [7, 11) is -2.59. The highest BCUT2D eigenvalue weighted by Crippen LogP contribution is 2.13. The van der Waals surface area contributed by atoms with Crippen molar-refractivity contribution in [2.45, 2.75) is 4.34 Å². The zero-order valence-electron chi connectivity index (χ0n) is 6.62. The van der Waals surface area contributed by atoms with E-state index in [-0.39, 0.29) is 4.34 Å². The van der Waals surface area contributed by atoms with E-state index in [1.54, 1.807) is 0 Å². The quantitative estimate of drug-likeness (QED) is 0.712. The summed E-state index contributed by atoms with van der Waals surface area (Å²) >= 11 is 0.832. The molecule has 0 aromatic carbocycles. The van der Waals surface area contributed by atoms with Crippen molar-refractivity contribution in [2.24, 2.45) is 0 Å². The van der Waals surface area contributed by atoms with Crippen LogP contribution >= 0.6 is 22.0 Å². The number of aromatic nitrogens is 2. The van der Waals surface area contributed by atoms with Crippen molar-refractivity contribution in [3.05, 3.63) is 5.51 Å². The molecular formula is C4H5ClN2O4S3. The van der Waals surface area contributed by atoms with Crippen molar-refractivity contribution in [2.75, 3.05) is 11.5 Å². The molecule has 10 heteroatoms. The Bertz CT molecular complexity index is 491. The van der Waals surface area contributed by atoms with Crippen LogP contribution in [0, 0.1) is 0 Å². The first-order valence-corrected chi connectivity index (χ1v) is 8.23. The fraction of sp³-hybridized carbons (Fsp3) is 0.500. The highest BCUT2D eigenvalue weighted by atomic mass is 35.7. The summed E-state index contributed by atoms with van der Waals surface area (Å²) in [4.78, 5) is 0. The molecule has 0 aliphatic rings. The summed E-state index contributed by atoms with van der Waals surface area (Å²) in [5.74, 6) is -1.20. The molecule has 0 N–H and O–H groups in total. The fourth-order valence-electron chi connectivity index (χ4n) is 0.595. The molecule has 0 unspecified atom stereocenters. The van der Waals surface area contributed by atoms with Crippen LogP contribution in [0.4, 0.5) is 0 Å². The SMILES string of the molecule is O=S(=O)(Cl)CCS(=O)(=O)c1nncs1. The van der Waals surface area contributed by atoms with Crippen LogP contribution in [0.2, 0.25) is 0 Å². The molecular weight excluding hydrogens is 272 g/mol. The molecule has 0 fully saturated rings. The van der Waals surface area contributed by atoms with E-state index < -0.39 is 30.4 Å². The first-order chi connectivity index (χ1) is 6.31. The molecule has 6 nitrogen and oxygen atoms in total. The number of hydrogen-bond donors (Lipinski definition) is 0. The van der Waals surface area contributed by atoms with Crippen LogP contribution < -0.4 is 0 Å². The predicted octanol–water partition coefficient (Wildman–Crippen LogP) is -0.120. The van der Waals surface area contributed by atoms with Gasteiger partial charge in [0.1, 0.15) is 5.51 Å². The van der Waals surface area contributed by atoms with Crippen molar-refractivity contribution in [1.82, 2.24) is 10.2 Å². The number of sulfone groups is 1. The standard InChI is InChI=1S/C4H5ClN2O4S3/c5-14(10,11)2-1-13(8,9)4-7-6-3-12-4/h3H,1-2H2. The van der Waals surface area contributed by atoms with Gasteiger partial charge in [0.2, 0.25) is 23.2 Å². The normalized spacial score (nSPS) is 12.9. The van der Waals surface area contributed by atoms with Crippen LogP contribution in [0.15, 0.2) is 9.85 Å². The number of halogens is 1. The molecule has 1 rings (SSSR count). The van der Waals surface area contributed by atoms with E-state index in [0.717, 1.165) is 11.3 Å². The molecule has 0 saturated carbocycles. The Labute approximate surface area is 89.3 Å². The smallest absolute Gasteiger partial charge is 0.221 e. The molecule has 1 aromatic rings. The second-order valence-electron chi connectivity index (χ2n) is 2.27. The van der Waals surface area contributed by atoms with Gasteiger partial charge >= 0.3 is 0 Å². The Morgan fingerprint density at radius 1 is 1.29 bits per heavy atom. The molecule has 0 amide bonds. The molecule has 0 aliphatic carbocycles. The van der Waals surface area contributed by atoms with Gasteiger partial charge < -0.3 is 0 Å². The second-order valence-corrected chi connectivity index (χ2v) is 8.28. The third kappa shape index (κ3) is 3.48. The summed E-state index contributed by atoms with van der Waals surface area (Å²) < 4.78 is 43.5. The minimum Gasteiger partial charge on any atom is -0.221 e. The lowest BCUT2D eigenvalue weighted by molar-refractivity contribution is 0.591. The maximum atomic E-state index is 11.3. The molecule has 0 saturated heterocycles. The third-order valence-corrected chi connectivity index (χ3v) is 5.50. The van der Waals surface area contributed by atoms with Crippen LogP contribution in [0.3, 0.4) is 0 Å². The lowest BCUT2D eigenvalue weighted by Gasteiger charge is -1.96. The molecule has 80 valence electrons. The molecule has 0 aliphatic heterocycles. The van der Waals surface area contributed by atoms with Crippen LogP contribution in [-0.4, -0.2) is 38.5 Å². The summed E-state index contributed by atoms with van der Waals surface area (Å²) in [5, 5.41) is 6.67. The van der Waals surface area contributed by atoms with Crippen LogP contribution in [0.5, 0.6) is 0 Å². The molecule has 0 spiro atoms. The zero-order valence-corrected chi connectivity index (χ0v) is 9.83.